The first-order chi connectivity index (χ1) is 8.90. The third-order valence-corrected chi connectivity index (χ3v) is 3.46. The van der Waals surface area contributed by atoms with Crippen molar-refractivity contribution < 1.29 is 9.47 Å². The first-order valence-corrected chi connectivity index (χ1v) is 7.48. The Hall–Kier alpha value is -0.160. The minimum atomic E-state index is 0.179. The Balaban J connectivity index is 2.14. The summed E-state index contributed by atoms with van der Waals surface area (Å²) in [5, 5.41) is 3.52. The molecule has 0 radical (unpaired) electrons. The van der Waals surface area contributed by atoms with Crippen molar-refractivity contribution in [3.8, 4) is 0 Å². The number of hydrogen-bond acceptors (Lipinski definition) is 4. The van der Waals surface area contributed by atoms with Crippen LogP contribution in [0.5, 0.6) is 0 Å². The van der Waals surface area contributed by atoms with Crippen molar-refractivity contribution >= 4 is 0 Å². The van der Waals surface area contributed by atoms with Crippen molar-refractivity contribution in [3.05, 3.63) is 0 Å². The quantitative estimate of drug-likeness (QED) is 0.684. The predicted octanol–water partition coefficient (Wildman–Crippen LogP) is 1.89. The fraction of sp³-hybridized carbons (Fsp3) is 1.00. The van der Waals surface area contributed by atoms with Crippen LogP contribution in [0.2, 0.25) is 0 Å². The van der Waals surface area contributed by atoms with Gasteiger partial charge in [0.25, 0.3) is 0 Å². The minimum Gasteiger partial charge on any atom is -0.385 e. The fourth-order valence-corrected chi connectivity index (χ4v) is 2.40. The minimum absolute atomic E-state index is 0.179. The smallest absolute Gasteiger partial charge is 0.0707 e. The summed E-state index contributed by atoms with van der Waals surface area (Å²) in [5.74, 6) is 0. The average molecular weight is 272 g/mol. The van der Waals surface area contributed by atoms with Gasteiger partial charge in [-0.3, -0.25) is 0 Å². The van der Waals surface area contributed by atoms with Crippen LogP contribution in [0.3, 0.4) is 0 Å². The van der Waals surface area contributed by atoms with Crippen LogP contribution in [0, 0.1) is 0 Å². The molecule has 0 spiro atoms. The van der Waals surface area contributed by atoms with Gasteiger partial charge in [0, 0.05) is 38.9 Å². The molecular formula is C15H32N2O2. The molecule has 1 heterocycles. The molecule has 1 aliphatic heterocycles. The Morgan fingerprint density at radius 3 is 2.58 bits per heavy atom. The van der Waals surface area contributed by atoms with Crippen LogP contribution in [0.25, 0.3) is 0 Å². The highest BCUT2D eigenvalue weighted by Crippen LogP contribution is 2.20. The number of hydrogen-bond donors (Lipinski definition) is 1. The lowest BCUT2D eigenvalue weighted by molar-refractivity contribution is 0.0241. The number of methoxy groups -OCH3 is 1. The first-order valence-electron chi connectivity index (χ1n) is 7.48. The van der Waals surface area contributed by atoms with Gasteiger partial charge in [-0.1, -0.05) is 0 Å². The largest absolute Gasteiger partial charge is 0.385 e. The van der Waals surface area contributed by atoms with E-state index in [0.717, 1.165) is 32.7 Å². The highest BCUT2D eigenvalue weighted by molar-refractivity contribution is 4.80. The monoisotopic (exact) mass is 272 g/mol. The summed E-state index contributed by atoms with van der Waals surface area (Å²) in [7, 11) is 3.92. The van der Waals surface area contributed by atoms with E-state index in [-0.39, 0.29) is 5.54 Å². The molecule has 0 saturated carbocycles. The fourth-order valence-electron chi connectivity index (χ4n) is 2.40. The average Bonchev–Trinajstić information content (AvgIpc) is 2.73. The maximum atomic E-state index is 6.10. The van der Waals surface area contributed by atoms with Crippen molar-refractivity contribution in [1.29, 1.82) is 0 Å². The third-order valence-electron chi connectivity index (χ3n) is 3.46. The normalized spacial score (nSPS) is 24.3. The lowest BCUT2D eigenvalue weighted by atomic mass is 10.1. The summed E-state index contributed by atoms with van der Waals surface area (Å²) in [4.78, 5) is 2.35. The van der Waals surface area contributed by atoms with E-state index < -0.39 is 0 Å². The van der Waals surface area contributed by atoms with Crippen LogP contribution in [0.15, 0.2) is 0 Å². The van der Waals surface area contributed by atoms with Crippen molar-refractivity contribution in [2.45, 2.75) is 57.8 Å². The number of rotatable bonds is 8. The van der Waals surface area contributed by atoms with E-state index in [9.17, 15) is 0 Å². The van der Waals surface area contributed by atoms with E-state index in [0.29, 0.717) is 12.2 Å². The molecule has 0 aromatic heterocycles. The van der Waals surface area contributed by atoms with Gasteiger partial charge in [0.15, 0.2) is 0 Å². The lowest BCUT2D eigenvalue weighted by Gasteiger charge is -2.24. The predicted molar refractivity (Wildman–Crippen MR) is 79.6 cm³/mol. The van der Waals surface area contributed by atoms with E-state index in [1.54, 1.807) is 7.11 Å². The van der Waals surface area contributed by atoms with Gasteiger partial charge in [0.05, 0.1) is 12.2 Å². The van der Waals surface area contributed by atoms with Gasteiger partial charge in [-0.2, -0.15) is 0 Å². The van der Waals surface area contributed by atoms with Gasteiger partial charge in [0.2, 0.25) is 0 Å². The number of nitrogens with zero attached hydrogens (tertiary/aromatic N) is 1. The highest BCUT2D eigenvalue weighted by Gasteiger charge is 2.26. The van der Waals surface area contributed by atoms with E-state index in [4.69, 9.17) is 9.47 Å². The van der Waals surface area contributed by atoms with E-state index in [1.807, 2.05) is 0 Å². The van der Waals surface area contributed by atoms with Gasteiger partial charge in [0.1, 0.15) is 0 Å². The molecule has 114 valence electrons. The molecule has 1 rings (SSSR count). The maximum Gasteiger partial charge on any atom is 0.0707 e. The molecule has 0 aliphatic carbocycles. The van der Waals surface area contributed by atoms with Crippen molar-refractivity contribution in [1.82, 2.24) is 10.2 Å². The van der Waals surface area contributed by atoms with E-state index in [2.05, 4.69) is 38.0 Å². The second-order valence-electron chi connectivity index (χ2n) is 6.70. The van der Waals surface area contributed by atoms with Gasteiger partial charge >= 0.3 is 0 Å². The standard InChI is InChI=1S/C15H32N2O2/c1-15(2,3)16-11-13-7-8-14(19-13)12-17(4)9-6-10-18-5/h13-14,16H,6-12H2,1-5H3. The van der Waals surface area contributed by atoms with Gasteiger partial charge in [-0.05, 0) is 47.1 Å². The van der Waals surface area contributed by atoms with Crippen LogP contribution in [-0.2, 0) is 9.47 Å². The molecule has 4 heteroatoms. The molecule has 4 nitrogen and oxygen atoms in total. The van der Waals surface area contributed by atoms with Gasteiger partial charge < -0.3 is 19.7 Å². The Morgan fingerprint density at radius 2 is 1.95 bits per heavy atom. The summed E-state index contributed by atoms with van der Waals surface area (Å²) in [6.07, 6.45) is 4.25. The molecule has 0 bridgehead atoms. The zero-order valence-electron chi connectivity index (χ0n) is 13.4. The summed E-state index contributed by atoms with van der Waals surface area (Å²) in [5.41, 5.74) is 0.179. The van der Waals surface area contributed by atoms with Crippen molar-refractivity contribution in [2.24, 2.45) is 0 Å². The summed E-state index contributed by atoms with van der Waals surface area (Å²) in [6, 6.07) is 0. The van der Waals surface area contributed by atoms with Crippen LogP contribution >= 0.6 is 0 Å². The van der Waals surface area contributed by atoms with E-state index in [1.165, 1.54) is 12.8 Å². The molecule has 0 aromatic rings. The molecule has 2 unspecified atom stereocenters. The Kier molecular flexibility index (Phi) is 7.29. The highest BCUT2D eigenvalue weighted by atomic mass is 16.5. The third kappa shape index (κ3) is 7.88. The molecule has 1 N–H and O–H groups in total. The van der Waals surface area contributed by atoms with E-state index >= 15 is 0 Å². The number of likely N-dealkylation sites (N-methyl/N-ethyl adjacent to an activating group) is 1. The molecule has 0 amide bonds. The second kappa shape index (κ2) is 8.20. The molecule has 1 saturated heterocycles. The molecule has 2 atom stereocenters. The topological polar surface area (TPSA) is 33.7 Å². The molecule has 19 heavy (non-hydrogen) atoms. The zero-order chi connectivity index (χ0) is 14.3. The number of nitrogens with one attached hydrogen (secondary N) is 1. The Morgan fingerprint density at radius 1 is 1.26 bits per heavy atom. The Bertz CT molecular complexity index is 241. The van der Waals surface area contributed by atoms with Crippen LogP contribution in [0.4, 0.5) is 0 Å². The van der Waals surface area contributed by atoms with Crippen molar-refractivity contribution in [3.63, 3.8) is 0 Å². The summed E-state index contributed by atoms with van der Waals surface area (Å²) < 4.78 is 11.2. The van der Waals surface area contributed by atoms with Crippen LogP contribution in [-0.4, -0.2) is 63.0 Å². The summed E-state index contributed by atoms with van der Waals surface area (Å²) >= 11 is 0. The zero-order valence-corrected chi connectivity index (χ0v) is 13.4. The first kappa shape index (κ1) is 16.9. The molecule has 0 aromatic carbocycles. The molecule has 1 aliphatic rings. The van der Waals surface area contributed by atoms with Crippen LogP contribution in [0.1, 0.15) is 40.0 Å². The Labute approximate surface area is 118 Å². The molecule has 1 fully saturated rings. The van der Waals surface area contributed by atoms with Crippen LogP contribution < -0.4 is 5.32 Å². The second-order valence-corrected chi connectivity index (χ2v) is 6.70. The van der Waals surface area contributed by atoms with Gasteiger partial charge in [-0.25, -0.2) is 0 Å². The van der Waals surface area contributed by atoms with Crippen molar-refractivity contribution in [2.75, 3.05) is 40.4 Å². The number of ether oxygens (including phenoxy) is 2. The SMILES string of the molecule is COCCCN(C)CC1CCC(CNC(C)(C)C)O1. The maximum absolute atomic E-state index is 6.10. The van der Waals surface area contributed by atoms with Gasteiger partial charge in [-0.15, -0.1) is 0 Å². The lowest BCUT2D eigenvalue weighted by Crippen LogP contribution is -2.41. The summed E-state index contributed by atoms with van der Waals surface area (Å²) in [6.45, 7) is 10.5. The molecular weight excluding hydrogens is 240 g/mol.